The molecule has 7 heteroatoms. The summed E-state index contributed by atoms with van der Waals surface area (Å²) in [5, 5.41) is 11.9. The fourth-order valence-corrected chi connectivity index (χ4v) is 7.04. The van der Waals surface area contributed by atoms with Crippen LogP contribution in [0.15, 0.2) is 0 Å². The summed E-state index contributed by atoms with van der Waals surface area (Å²) >= 11 is 0. The van der Waals surface area contributed by atoms with Crippen LogP contribution in [0.25, 0.3) is 0 Å². The minimum atomic E-state index is -1.00. The lowest BCUT2D eigenvalue weighted by atomic mass is 10.0. The Morgan fingerprint density at radius 2 is 0.843 bits per heavy atom. The Hall–Kier alpha value is -1.63. The number of carbonyl (C=O) groups is 3. The van der Waals surface area contributed by atoms with Gasteiger partial charge in [-0.3, -0.25) is 9.59 Å². The summed E-state index contributed by atoms with van der Waals surface area (Å²) in [4.78, 5) is 36.3. The fourth-order valence-electron chi connectivity index (χ4n) is 7.04. The molecule has 51 heavy (non-hydrogen) atoms. The summed E-state index contributed by atoms with van der Waals surface area (Å²) < 4.78 is 6.05. The first-order chi connectivity index (χ1) is 24.9. The van der Waals surface area contributed by atoms with Gasteiger partial charge < -0.3 is 20.9 Å². The van der Waals surface area contributed by atoms with Crippen LogP contribution in [0, 0.1) is 0 Å². The van der Waals surface area contributed by atoms with E-state index in [1.807, 2.05) is 0 Å². The lowest BCUT2D eigenvalue weighted by molar-refractivity contribution is -0.150. The zero-order valence-electron chi connectivity index (χ0n) is 34.0. The fraction of sp³-hybridized carbons (Fsp3) is 0.932. The van der Waals surface area contributed by atoms with E-state index >= 15 is 0 Å². The van der Waals surface area contributed by atoms with Gasteiger partial charge >= 0.3 is 11.9 Å². The number of esters is 1. The van der Waals surface area contributed by atoms with E-state index in [0.29, 0.717) is 32.2 Å². The number of carboxylic acid groups (broad SMARTS) is 1. The minimum absolute atomic E-state index is 0.0153. The summed E-state index contributed by atoms with van der Waals surface area (Å²) in [6.07, 6.45) is 41.4. The van der Waals surface area contributed by atoms with Gasteiger partial charge in [0.25, 0.3) is 0 Å². The highest BCUT2D eigenvalue weighted by Crippen LogP contribution is 2.19. The zero-order valence-corrected chi connectivity index (χ0v) is 34.0. The van der Waals surface area contributed by atoms with Gasteiger partial charge in [0.15, 0.2) is 0 Å². The van der Waals surface area contributed by atoms with Crippen molar-refractivity contribution in [1.82, 2.24) is 5.32 Å². The highest BCUT2D eigenvalue weighted by atomic mass is 16.5. The second-order valence-electron chi connectivity index (χ2n) is 15.5. The Labute approximate surface area is 316 Å². The van der Waals surface area contributed by atoms with Gasteiger partial charge in [-0.1, -0.05) is 181 Å². The minimum Gasteiger partial charge on any atom is -0.480 e. The molecule has 2 unspecified atom stereocenters. The second kappa shape index (κ2) is 39.6. The molecule has 7 nitrogen and oxygen atoms in total. The average molecular weight is 723 g/mol. The maximum atomic E-state index is 12.8. The molecule has 0 aliphatic carbocycles. The van der Waals surface area contributed by atoms with E-state index in [1.54, 1.807) is 0 Å². The molecule has 0 aromatic carbocycles. The molecule has 0 saturated carbocycles. The van der Waals surface area contributed by atoms with Crippen LogP contribution in [0.5, 0.6) is 0 Å². The van der Waals surface area contributed by atoms with Gasteiger partial charge in [-0.05, 0) is 57.9 Å². The lowest BCUT2D eigenvalue weighted by Gasteiger charge is -2.18. The van der Waals surface area contributed by atoms with Crippen molar-refractivity contribution < 1.29 is 24.2 Å². The van der Waals surface area contributed by atoms with Crippen molar-refractivity contribution >= 4 is 17.8 Å². The third-order valence-corrected chi connectivity index (χ3v) is 10.4. The van der Waals surface area contributed by atoms with E-state index in [1.165, 1.54) is 141 Å². The predicted molar refractivity (Wildman–Crippen MR) is 216 cm³/mol. The third-order valence-electron chi connectivity index (χ3n) is 10.4. The molecule has 0 bridgehead atoms. The first-order valence-electron chi connectivity index (χ1n) is 22.4. The SMILES string of the molecule is CCCCCCCCCCCCCCCCC(CCCCCCCC(=O)NC(CCCN)C(=O)O)OC(=O)CCCCCCCCCCCCC. The van der Waals surface area contributed by atoms with Crippen molar-refractivity contribution in [1.29, 1.82) is 0 Å². The standard InChI is InChI=1S/C44H86N2O5/c1-3-5-7-9-11-13-15-16-17-19-20-22-25-29-34-40(51-43(48)38-32-28-23-21-18-14-12-10-8-6-4-2)35-30-26-24-27-31-37-42(47)46-41(44(49)50)36-33-39-45/h40-41H,3-39,45H2,1-2H3,(H,46,47)(H,49,50). The van der Waals surface area contributed by atoms with Crippen LogP contribution in [0.2, 0.25) is 0 Å². The molecule has 0 rings (SSSR count). The van der Waals surface area contributed by atoms with Crippen LogP contribution in [0.4, 0.5) is 0 Å². The number of carboxylic acids is 1. The lowest BCUT2D eigenvalue weighted by Crippen LogP contribution is -2.40. The van der Waals surface area contributed by atoms with Crippen molar-refractivity contribution in [3.05, 3.63) is 0 Å². The van der Waals surface area contributed by atoms with Crippen LogP contribution in [-0.2, 0) is 19.1 Å². The maximum absolute atomic E-state index is 12.8. The Morgan fingerprint density at radius 3 is 1.22 bits per heavy atom. The van der Waals surface area contributed by atoms with Crippen molar-refractivity contribution in [2.75, 3.05) is 6.54 Å². The largest absolute Gasteiger partial charge is 0.480 e. The first kappa shape index (κ1) is 49.4. The second-order valence-corrected chi connectivity index (χ2v) is 15.5. The van der Waals surface area contributed by atoms with Crippen molar-refractivity contribution in [3.8, 4) is 0 Å². The monoisotopic (exact) mass is 723 g/mol. The molecule has 0 fully saturated rings. The molecule has 1 amide bonds. The van der Waals surface area contributed by atoms with Gasteiger partial charge in [-0.2, -0.15) is 0 Å². The number of amides is 1. The molecule has 0 spiro atoms. The number of nitrogens with two attached hydrogens (primary N) is 1. The number of hydrogen-bond donors (Lipinski definition) is 3. The molecule has 0 aliphatic rings. The Bertz CT molecular complexity index is 777. The molecule has 4 N–H and O–H groups in total. The zero-order chi connectivity index (χ0) is 37.5. The van der Waals surface area contributed by atoms with Crippen LogP contribution in [0.1, 0.15) is 245 Å². The maximum Gasteiger partial charge on any atom is 0.326 e. The highest BCUT2D eigenvalue weighted by molar-refractivity contribution is 5.83. The topological polar surface area (TPSA) is 119 Å². The number of aliphatic carboxylic acids is 1. The molecule has 0 aromatic heterocycles. The molecule has 302 valence electrons. The van der Waals surface area contributed by atoms with E-state index in [0.717, 1.165) is 64.2 Å². The Morgan fingerprint density at radius 1 is 0.490 bits per heavy atom. The summed E-state index contributed by atoms with van der Waals surface area (Å²) in [6, 6.07) is -0.852. The number of nitrogens with one attached hydrogen (secondary N) is 1. The number of hydrogen-bond acceptors (Lipinski definition) is 5. The van der Waals surface area contributed by atoms with E-state index in [4.69, 9.17) is 10.5 Å². The van der Waals surface area contributed by atoms with Crippen LogP contribution >= 0.6 is 0 Å². The molecule has 0 saturated heterocycles. The summed E-state index contributed by atoms with van der Waals surface area (Å²) in [6.45, 7) is 4.96. The smallest absolute Gasteiger partial charge is 0.326 e. The predicted octanol–water partition coefficient (Wildman–Crippen LogP) is 12.5. The van der Waals surface area contributed by atoms with E-state index < -0.39 is 12.0 Å². The van der Waals surface area contributed by atoms with Gasteiger partial charge in [0.05, 0.1) is 0 Å². The molecule has 0 radical (unpaired) electrons. The molecule has 2 atom stereocenters. The molecule has 0 aliphatic heterocycles. The number of rotatable bonds is 41. The average Bonchev–Trinajstić information content (AvgIpc) is 3.11. The van der Waals surface area contributed by atoms with Crippen molar-refractivity contribution in [3.63, 3.8) is 0 Å². The highest BCUT2D eigenvalue weighted by Gasteiger charge is 2.19. The van der Waals surface area contributed by atoms with Gasteiger partial charge in [0, 0.05) is 12.8 Å². The van der Waals surface area contributed by atoms with Gasteiger partial charge in [-0.25, -0.2) is 4.79 Å². The van der Waals surface area contributed by atoms with Crippen LogP contribution < -0.4 is 11.1 Å². The number of ether oxygens (including phenoxy) is 1. The van der Waals surface area contributed by atoms with Crippen molar-refractivity contribution in [2.24, 2.45) is 5.73 Å². The molecule has 0 aromatic rings. The first-order valence-corrected chi connectivity index (χ1v) is 22.4. The van der Waals surface area contributed by atoms with E-state index in [2.05, 4.69) is 19.2 Å². The summed E-state index contributed by atoms with van der Waals surface area (Å²) in [5.74, 6) is -1.21. The summed E-state index contributed by atoms with van der Waals surface area (Å²) in [7, 11) is 0. The Balaban J connectivity index is 4.28. The van der Waals surface area contributed by atoms with Gasteiger partial charge in [-0.15, -0.1) is 0 Å². The van der Waals surface area contributed by atoms with Crippen molar-refractivity contribution in [2.45, 2.75) is 257 Å². The number of unbranched alkanes of at least 4 members (excludes halogenated alkanes) is 27. The molecule has 0 heterocycles. The summed E-state index contributed by atoms with van der Waals surface area (Å²) in [5.41, 5.74) is 5.49. The third kappa shape index (κ3) is 36.5. The Kier molecular flexibility index (Phi) is 38.3. The van der Waals surface area contributed by atoms with Crippen LogP contribution in [0.3, 0.4) is 0 Å². The molecular formula is C44H86N2O5. The molecular weight excluding hydrogens is 636 g/mol. The normalized spacial score (nSPS) is 12.5. The number of carbonyl (C=O) groups excluding carboxylic acids is 2. The van der Waals surface area contributed by atoms with Crippen LogP contribution in [-0.4, -0.2) is 41.6 Å². The van der Waals surface area contributed by atoms with E-state index in [-0.39, 0.29) is 18.0 Å². The quantitative estimate of drug-likeness (QED) is 0.0427. The van der Waals surface area contributed by atoms with E-state index in [9.17, 15) is 19.5 Å². The van der Waals surface area contributed by atoms with Gasteiger partial charge in [0.1, 0.15) is 12.1 Å². The van der Waals surface area contributed by atoms with Gasteiger partial charge in [0.2, 0.25) is 5.91 Å².